The van der Waals surface area contributed by atoms with E-state index in [2.05, 4.69) is 6.92 Å². The Labute approximate surface area is 124 Å². The molecule has 2 N–H and O–H groups in total. The van der Waals surface area contributed by atoms with Crippen molar-refractivity contribution in [1.29, 1.82) is 0 Å². The van der Waals surface area contributed by atoms with Crippen LogP contribution in [0.4, 0.5) is 0 Å². The number of fused-ring (bicyclic) bond motifs is 3. The minimum absolute atomic E-state index is 0.309. The number of carbonyl (C=O) groups is 1. The standard InChI is InChI=1S/C13H14N2OS3/c1-3-8-15-10-7(18-8)5-4-6-9(10)13(17-2)19-11(6)12(14)16/h3-5H2,1-2H3,(H2,14,16). The van der Waals surface area contributed by atoms with Crippen LogP contribution in [0.2, 0.25) is 0 Å². The second-order valence-electron chi connectivity index (χ2n) is 4.37. The zero-order valence-electron chi connectivity index (χ0n) is 10.8. The van der Waals surface area contributed by atoms with Crippen LogP contribution in [0.25, 0.3) is 11.3 Å². The first-order valence-electron chi connectivity index (χ1n) is 6.14. The van der Waals surface area contributed by atoms with Gasteiger partial charge in [0.05, 0.1) is 19.8 Å². The molecule has 100 valence electrons. The fraction of sp³-hybridized carbons (Fsp3) is 0.385. The van der Waals surface area contributed by atoms with Crippen molar-refractivity contribution in [3.8, 4) is 11.3 Å². The highest BCUT2D eigenvalue weighted by molar-refractivity contribution is 8.00. The van der Waals surface area contributed by atoms with E-state index in [9.17, 15) is 4.79 Å². The number of amides is 1. The van der Waals surface area contributed by atoms with Gasteiger partial charge in [-0.1, -0.05) is 6.92 Å². The van der Waals surface area contributed by atoms with E-state index in [0.29, 0.717) is 0 Å². The Morgan fingerprint density at radius 1 is 1.42 bits per heavy atom. The van der Waals surface area contributed by atoms with E-state index in [1.807, 2.05) is 6.26 Å². The first kappa shape index (κ1) is 13.1. The Hall–Kier alpha value is -0.850. The van der Waals surface area contributed by atoms with Gasteiger partial charge in [-0.3, -0.25) is 4.79 Å². The van der Waals surface area contributed by atoms with Crippen LogP contribution in [0.5, 0.6) is 0 Å². The van der Waals surface area contributed by atoms with Crippen LogP contribution in [0.3, 0.4) is 0 Å². The summed E-state index contributed by atoms with van der Waals surface area (Å²) < 4.78 is 1.16. The van der Waals surface area contributed by atoms with Crippen LogP contribution >= 0.6 is 34.4 Å². The quantitative estimate of drug-likeness (QED) is 0.885. The molecule has 0 spiro atoms. The molecular formula is C13H14N2OS3. The number of thiophene rings is 1. The van der Waals surface area contributed by atoms with Gasteiger partial charge in [-0.25, -0.2) is 4.98 Å². The van der Waals surface area contributed by atoms with Crippen molar-refractivity contribution in [2.45, 2.75) is 30.4 Å². The molecule has 3 rings (SSSR count). The molecule has 0 aromatic carbocycles. The summed E-state index contributed by atoms with van der Waals surface area (Å²) in [6.07, 6.45) is 4.89. The molecule has 0 aliphatic heterocycles. The Kier molecular flexibility index (Phi) is 3.41. The normalized spacial score (nSPS) is 13.2. The van der Waals surface area contributed by atoms with Crippen molar-refractivity contribution in [3.63, 3.8) is 0 Å². The van der Waals surface area contributed by atoms with Gasteiger partial charge >= 0.3 is 0 Å². The lowest BCUT2D eigenvalue weighted by molar-refractivity contribution is 0.100. The van der Waals surface area contributed by atoms with Crippen molar-refractivity contribution in [1.82, 2.24) is 4.98 Å². The first-order valence-corrected chi connectivity index (χ1v) is 8.99. The minimum Gasteiger partial charge on any atom is -0.365 e. The number of primary amides is 1. The molecule has 0 radical (unpaired) electrons. The number of thiazole rings is 1. The molecule has 1 aliphatic rings. The maximum absolute atomic E-state index is 11.6. The van der Waals surface area contributed by atoms with Crippen LogP contribution in [0, 0.1) is 0 Å². The van der Waals surface area contributed by atoms with Gasteiger partial charge in [0.15, 0.2) is 0 Å². The maximum atomic E-state index is 11.6. The molecule has 2 aromatic heterocycles. The molecule has 1 aliphatic carbocycles. The zero-order chi connectivity index (χ0) is 13.6. The average Bonchev–Trinajstić information content (AvgIpc) is 2.98. The molecule has 6 heteroatoms. The molecule has 19 heavy (non-hydrogen) atoms. The summed E-state index contributed by atoms with van der Waals surface area (Å²) in [6, 6.07) is 0. The lowest BCUT2D eigenvalue weighted by Crippen LogP contribution is -2.13. The van der Waals surface area contributed by atoms with Crippen LogP contribution in [-0.4, -0.2) is 17.1 Å². The van der Waals surface area contributed by atoms with Crippen molar-refractivity contribution >= 4 is 40.3 Å². The number of hydrogen-bond donors (Lipinski definition) is 1. The second kappa shape index (κ2) is 4.92. The van der Waals surface area contributed by atoms with Crippen molar-refractivity contribution in [2.24, 2.45) is 5.73 Å². The lowest BCUT2D eigenvalue weighted by Gasteiger charge is -2.12. The van der Waals surface area contributed by atoms with Crippen LogP contribution in [0.15, 0.2) is 4.21 Å². The van der Waals surface area contributed by atoms with Gasteiger partial charge in [0.25, 0.3) is 5.91 Å². The summed E-state index contributed by atoms with van der Waals surface area (Å²) in [5.74, 6) is -0.309. The summed E-state index contributed by atoms with van der Waals surface area (Å²) in [5, 5.41) is 1.18. The monoisotopic (exact) mass is 310 g/mol. The van der Waals surface area contributed by atoms with Gasteiger partial charge in [0.1, 0.15) is 0 Å². The largest absolute Gasteiger partial charge is 0.365 e. The number of aryl methyl sites for hydroxylation is 2. The lowest BCUT2D eigenvalue weighted by atomic mass is 9.95. The van der Waals surface area contributed by atoms with Gasteiger partial charge in [-0.05, 0) is 31.1 Å². The van der Waals surface area contributed by atoms with Crippen LogP contribution in [-0.2, 0) is 19.3 Å². The SMILES string of the molecule is CCc1nc2c(s1)CCc1c(C(N)=O)sc(SC)c1-2. The van der Waals surface area contributed by atoms with E-state index in [4.69, 9.17) is 10.7 Å². The van der Waals surface area contributed by atoms with Crippen molar-refractivity contribution in [2.75, 3.05) is 6.26 Å². The first-order chi connectivity index (χ1) is 9.15. The van der Waals surface area contributed by atoms with Crippen LogP contribution < -0.4 is 5.73 Å². The van der Waals surface area contributed by atoms with Gasteiger partial charge in [-0.15, -0.1) is 34.4 Å². The fourth-order valence-electron chi connectivity index (χ4n) is 2.42. The molecule has 3 nitrogen and oxygen atoms in total. The molecule has 2 heterocycles. The molecule has 1 amide bonds. The maximum Gasteiger partial charge on any atom is 0.259 e. The number of thioether (sulfide) groups is 1. The summed E-state index contributed by atoms with van der Waals surface area (Å²) in [6.45, 7) is 2.13. The molecule has 0 bridgehead atoms. The van der Waals surface area contributed by atoms with E-state index in [1.165, 1.54) is 26.8 Å². The number of carbonyl (C=O) groups excluding carboxylic acids is 1. The van der Waals surface area contributed by atoms with Gasteiger partial charge in [-0.2, -0.15) is 0 Å². The molecule has 0 unspecified atom stereocenters. The summed E-state index contributed by atoms with van der Waals surface area (Å²) in [5.41, 5.74) is 8.88. The molecule has 0 saturated heterocycles. The molecular weight excluding hydrogens is 296 g/mol. The third-order valence-corrected chi connectivity index (χ3v) is 6.89. The highest BCUT2D eigenvalue weighted by atomic mass is 32.2. The summed E-state index contributed by atoms with van der Waals surface area (Å²) in [4.78, 5) is 18.4. The van der Waals surface area contributed by atoms with E-state index in [-0.39, 0.29) is 5.91 Å². The Balaban J connectivity index is 2.24. The number of rotatable bonds is 3. The van der Waals surface area contributed by atoms with Crippen molar-refractivity contribution in [3.05, 3.63) is 20.3 Å². The predicted octanol–water partition coefficient (Wildman–Crippen LogP) is 3.35. The highest BCUT2D eigenvalue weighted by Crippen LogP contribution is 2.47. The second-order valence-corrected chi connectivity index (χ2v) is 7.64. The fourth-order valence-corrected chi connectivity index (χ4v) is 5.37. The summed E-state index contributed by atoms with van der Waals surface area (Å²) in [7, 11) is 0. The minimum atomic E-state index is -0.309. The van der Waals surface area contributed by atoms with E-state index >= 15 is 0 Å². The van der Waals surface area contributed by atoms with E-state index in [0.717, 1.165) is 39.6 Å². The number of nitrogens with zero attached hydrogens (tertiary/aromatic N) is 1. The predicted molar refractivity (Wildman–Crippen MR) is 82.5 cm³/mol. The number of nitrogens with two attached hydrogens (primary N) is 1. The van der Waals surface area contributed by atoms with Crippen molar-refractivity contribution < 1.29 is 4.79 Å². The van der Waals surface area contributed by atoms with E-state index < -0.39 is 0 Å². The summed E-state index contributed by atoms with van der Waals surface area (Å²) >= 11 is 5.00. The average molecular weight is 310 g/mol. The van der Waals surface area contributed by atoms with E-state index in [1.54, 1.807) is 23.1 Å². The third kappa shape index (κ3) is 2.02. The number of aromatic nitrogens is 1. The molecule has 0 fully saturated rings. The van der Waals surface area contributed by atoms with Gasteiger partial charge < -0.3 is 5.73 Å². The Morgan fingerprint density at radius 2 is 2.21 bits per heavy atom. The van der Waals surface area contributed by atoms with Gasteiger partial charge in [0.2, 0.25) is 0 Å². The van der Waals surface area contributed by atoms with Crippen LogP contribution in [0.1, 0.15) is 32.0 Å². The smallest absolute Gasteiger partial charge is 0.259 e. The number of hydrogen-bond acceptors (Lipinski definition) is 5. The van der Waals surface area contributed by atoms with Gasteiger partial charge in [0, 0.05) is 10.4 Å². The Morgan fingerprint density at radius 3 is 2.84 bits per heavy atom. The molecule has 0 saturated carbocycles. The topological polar surface area (TPSA) is 56.0 Å². The highest BCUT2D eigenvalue weighted by Gasteiger charge is 2.29. The molecule has 0 atom stereocenters. The Bertz CT molecular complexity index is 657. The molecule has 2 aromatic rings. The third-order valence-electron chi connectivity index (χ3n) is 3.27. The zero-order valence-corrected chi connectivity index (χ0v) is 13.2.